The number of amides is 2. The van der Waals surface area contributed by atoms with Crippen LogP contribution in [0.3, 0.4) is 0 Å². The Morgan fingerprint density at radius 2 is 2.00 bits per heavy atom. The molecule has 0 aromatic heterocycles. The van der Waals surface area contributed by atoms with Crippen LogP contribution in [-0.2, 0) is 9.59 Å². The summed E-state index contributed by atoms with van der Waals surface area (Å²) in [5.74, 6) is -0.229. The van der Waals surface area contributed by atoms with Gasteiger partial charge in [-0.2, -0.15) is 0 Å². The maximum Gasteiger partial charge on any atom is 0.258 e. The first-order chi connectivity index (χ1) is 11.6. The molecule has 24 heavy (non-hydrogen) atoms. The number of anilines is 1. The number of carbonyl (C=O) groups is 2. The number of nitrogens with zero attached hydrogens (tertiary/aromatic N) is 1. The Bertz CT molecular complexity index is 736. The summed E-state index contributed by atoms with van der Waals surface area (Å²) in [7, 11) is 0. The molecule has 1 aliphatic heterocycles. The van der Waals surface area contributed by atoms with Crippen molar-refractivity contribution in [2.75, 3.05) is 18.1 Å². The molecule has 1 heterocycles. The van der Waals surface area contributed by atoms with Crippen molar-refractivity contribution in [1.82, 2.24) is 5.32 Å². The number of rotatable bonds is 5. The number of hydrogen-bond acceptors (Lipinski definition) is 3. The zero-order valence-corrected chi connectivity index (χ0v) is 12.9. The molecule has 0 radical (unpaired) electrons. The molecule has 0 bridgehead atoms. The molecular weight excluding hydrogens is 311 g/mol. The second kappa shape index (κ2) is 7.12. The molecule has 1 atom stereocenters. The van der Waals surface area contributed by atoms with E-state index in [0.29, 0.717) is 18.0 Å². The molecule has 0 aliphatic carbocycles. The fourth-order valence-corrected chi connectivity index (χ4v) is 2.63. The summed E-state index contributed by atoms with van der Waals surface area (Å²) in [6.07, 6.45) is 0.188. The van der Waals surface area contributed by atoms with Crippen LogP contribution in [0.15, 0.2) is 54.6 Å². The smallest absolute Gasteiger partial charge is 0.258 e. The minimum absolute atomic E-state index is 0.116. The van der Waals surface area contributed by atoms with Gasteiger partial charge in [-0.25, -0.2) is 4.39 Å². The third-order valence-corrected chi connectivity index (χ3v) is 3.72. The first kappa shape index (κ1) is 16.0. The number of hydrogen-bond donors (Lipinski definition) is 1. The highest BCUT2D eigenvalue weighted by atomic mass is 19.1. The van der Waals surface area contributed by atoms with Crippen molar-refractivity contribution in [3.8, 4) is 5.75 Å². The Morgan fingerprint density at radius 1 is 1.21 bits per heavy atom. The van der Waals surface area contributed by atoms with Crippen molar-refractivity contribution < 1.29 is 18.7 Å². The van der Waals surface area contributed by atoms with Crippen LogP contribution in [0.5, 0.6) is 5.75 Å². The lowest BCUT2D eigenvalue weighted by Crippen LogP contribution is -2.39. The van der Waals surface area contributed by atoms with Gasteiger partial charge in [0, 0.05) is 18.7 Å². The Labute approximate surface area is 139 Å². The van der Waals surface area contributed by atoms with Gasteiger partial charge in [-0.05, 0) is 30.3 Å². The van der Waals surface area contributed by atoms with Crippen LogP contribution in [0, 0.1) is 5.82 Å². The summed E-state index contributed by atoms with van der Waals surface area (Å²) in [6.45, 7) is 0.202. The average molecular weight is 328 g/mol. The summed E-state index contributed by atoms with van der Waals surface area (Å²) >= 11 is 0. The standard InChI is InChI=1S/C18H17FN2O3/c19-13-5-4-6-15(9-13)21-11-14(10-18(21)23)20-17(22)12-24-16-7-2-1-3-8-16/h1-9,14H,10-12H2,(H,20,22). The number of para-hydroxylation sites is 1. The van der Waals surface area contributed by atoms with Crippen LogP contribution in [0.2, 0.25) is 0 Å². The highest BCUT2D eigenvalue weighted by Gasteiger charge is 2.31. The average Bonchev–Trinajstić information content (AvgIpc) is 2.94. The molecule has 6 heteroatoms. The van der Waals surface area contributed by atoms with E-state index in [1.165, 1.54) is 17.0 Å². The second-order valence-corrected chi connectivity index (χ2v) is 5.55. The Balaban J connectivity index is 1.53. The molecule has 2 amide bonds. The minimum atomic E-state index is -0.399. The third-order valence-electron chi connectivity index (χ3n) is 3.72. The summed E-state index contributed by atoms with van der Waals surface area (Å²) in [6, 6.07) is 14.6. The van der Waals surface area contributed by atoms with E-state index in [2.05, 4.69) is 5.32 Å². The molecule has 5 nitrogen and oxygen atoms in total. The van der Waals surface area contributed by atoms with E-state index in [1.54, 1.807) is 24.3 Å². The minimum Gasteiger partial charge on any atom is -0.484 e. The monoisotopic (exact) mass is 328 g/mol. The van der Waals surface area contributed by atoms with Crippen molar-refractivity contribution in [3.63, 3.8) is 0 Å². The summed E-state index contributed by atoms with van der Waals surface area (Å²) in [5.41, 5.74) is 0.497. The molecule has 2 aromatic rings. The number of nitrogens with one attached hydrogen (secondary N) is 1. The van der Waals surface area contributed by atoms with Gasteiger partial charge in [0.2, 0.25) is 5.91 Å². The van der Waals surface area contributed by atoms with Gasteiger partial charge in [-0.1, -0.05) is 24.3 Å². The molecule has 0 saturated carbocycles. The quantitative estimate of drug-likeness (QED) is 0.915. The number of benzene rings is 2. The van der Waals surface area contributed by atoms with Gasteiger partial charge in [0.25, 0.3) is 5.91 Å². The van der Waals surface area contributed by atoms with Gasteiger partial charge < -0.3 is 15.0 Å². The Kier molecular flexibility index (Phi) is 4.74. The Morgan fingerprint density at radius 3 is 2.75 bits per heavy atom. The molecule has 1 saturated heterocycles. The van der Waals surface area contributed by atoms with E-state index in [9.17, 15) is 14.0 Å². The van der Waals surface area contributed by atoms with Gasteiger partial charge in [0.15, 0.2) is 6.61 Å². The van der Waals surface area contributed by atoms with E-state index >= 15 is 0 Å². The van der Waals surface area contributed by atoms with Crippen molar-refractivity contribution in [1.29, 1.82) is 0 Å². The van der Waals surface area contributed by atoms with Gasteiger partial charge in [-0.3, -0.25) is 9.59 Å². The van der Waals surface area contributed by atoms with Crippen LogP contribution in [0.4, 0.5) is 10.1 Å². The highest BCUT2D eigenvalue weighted by molar-refractivity contribution is 5.96. The first-order valence-electron chi connectivity index (χ1n) is 7.65. The van der Waals surface area contributed by atoms with Gasteiger partial charge in [0.1, 0.15) is 11.6 Å². The lowest BCUT2D eigenvalue weighted by molar-refractivity contribution is -0.123. The molecular formula is C18H17FN2O3. The van der Waals surface area contributed by atoms with Gasteiger partial charge in [0.05, 0.1) is 6.04 Å². The topological polar surface area (TPSA) is 58.6 Å². The number of carbonyl (C=O) groups excluding carboxylic acids is 2. The van der Waals surface area contributed by atoms with E-state index in [-0.39, 0.29) is 30.9 Å². The molecule has 124 valence electrons. The lowest BCUT2D eigenvalue weighted by atomic mass is 10.2. The fraction of sp³-hybridized carbons (Fsp3) is 0.222. The zero-order valence-electron chi connectivity index (χ0n) is 12.9. The number of halogens is 1. The van der Waals surface area contributed by atoms with Gasteiger partial charge >= 0.3 is 0 Å². The maximum absolute atomic E-state index is 13.3. The van der Waals surface area contributed by atoms with E-state index in [0.717, 1.165) is 0 Å². The van der Waals surface area contributed by atoms with E-state index in [1.807, 2.05) is 18.2 Å². The largest absolute Gasteiger partial charge is 0.484 e. The van der Waals surface area contributed by atoms with Crippen molar-refractivity contribution in [3.05, 3.63) is 60.4 Å². The summed E-state index contributed by atoms with van der Waals surface area (Å²) in [4.78, 5) is 25.5. The summed E-state index contributed by atoms with van der Waals surface area (Å²) < 4.78 is 18.7. The van der Waals surface area contributed by atoms with Crippen LogP contribution >= 0.6 is 0 Å². The van der Waals surface area contributed by atoms with E-state index < -0.39 is 5.82 Å². The normalized spacial score (nSPS) is 17.0. The highest BCUT2D eigenvalue weighted by Crippen LogP contribution is 2.22. The molecule has 1 unspecified atom stereocenters. The molecule has 1 aliphatic rings. The molecule has 3 rings (SSSR count). The van der Waals surface area contributed by atoms with Crippen LogP contribution in [-0.4, -0.2) is 31.0 Å². The maximum atomic E-state index is 13.3. The zero-order chi connectivity index (χ0) is 16.9. The van der Waals surface area contributed by atoms with Crippen LogP contribution in [0.25, 0.3) is 0 Å². The molecule has 2 aromatic carbocycles. The molecule has 1 N–H and O–H groups in total. The van der Waals surface area contributed by atoms with Crippen molar-refractivity contribution in [2.45, 2.75) is 12.5 Å². The van der Waals surface area contributed by atoms with Gasteiger partial charge in [-0.15, -0.1) is 0 Å². The molecule has 0 spiro atoms. The predicted octanol–water partition coefficient (Wildman–Crippen LogP) is 2.13. The van der Waals surface area contributed by atoms with E-state index in [4.69, 9.17) is 4.74 Å². The number of ether oxygens (including phenoxy) is 1. The predicted molar refractivity (Wildman–Crippen MR) is 87.2 cm³/mol. The third kappa shape index (κ3) is 3.90. The lowest BCUT2D eigenvalue weighted by Gasteiger charge is -2.17. The van der Waals surface area contributed by atoms with Crippen LogP contribution < -0.4 is 15.0 Å². The first-order valence-corrected chi connectivity index (χ1v) is 7.65. The second-order valence-electron chi connectivity index (χ2n) is 5.55. The van der Waals surface area contributed by atoms with Crippen molar-refractivity contribution in [2.24, 2.45) is 0 Å². The molecule has 1 fully saturated rings. The Hall–Kier alpha value is -2.89. The fourth-order valence-electron chi connectivity index (χ4n) is 2.63. The SMILES string of the molecule is O=C(COc1ccccc1)NC1CC(=O)N(c2cccc(F)c2)C1. The van der Waals surface area contributed by atoms with Crippen molar-refractivity contribution >= 4 is 17.5 Å². The van der Waals surface area contributed by atoms with Crippen LogP contribution in [0.1, 0.15) is 6.42 Å². The summed E-state index contributed by atoms with van der Waals surface area (Å²) in [5, 5.41) is 2.77.